The molecule has 14 atom stereocenters. The molecule has 5 heteroatoms. The number of ether oxygens (including phenoxy) is 2. The smallest absolute Gasteiger partial charge is 0.186 e. The SMILES string of the molecule is CC(C)CCC[C@@H](C)[C@H]1CC[C@H]2[C@@H]3CC[C@H]4C[C@@H](O[C@@H]5O[C@@H]([C@@H](C)O)[C@H](O)[C@H]5O)CC[C@]4(C)[C@H]3CC[C@]12C. The van der Waals surface area contributed by atoms with Crippen LogP contribution in [0.1, 0.15) is 119 Å². The van der Waals surface area contributed by atoms with Gasteiger partial charge in [-0.2, -0.15) is 0 Å². The molecular formula is C33H58O5. The monoisotopic (exact) mass is 534 g/mol. The van der Waals surface area contributed by atoms with Crippen molar-refractivity contribution in [3.8, 4) is 0 Å². The number of hydrogen-bond acceptors (Lipinski definition) is 5. The summed E-state index contributed by atoms with van der Waals surface area (Å²) in [7, 11) is 0. The minimum absolute atomic E-state index is 0.0561. The second-order valence-electron chi connectivity index (χ2n) is 15.4. The van der Waals surface area contributed by atoms with Crippen LogP contribution < -0.4 is 0 Å². The summed E-state index contributed by atoms with van der Waals surface area (Å²) >= 11 is 0. The van der Waals surface area contributed by atoms with Gasteiger partial charge in [0.1, 0.15) is 18.3 Å². The molecule has 4 aliphatic carbocycles. The lowest BCUT2D eigenvalue weighted by Gasteiger charge is -2.61. The third-order valence-corrected chi connectivity index (χ3v) is 12.9. The normalized spacial score (nSPS) is 50.4. The van der Waals surface area contributed by atoms with Gasteiger partial charge in [0.25, 0.3) is 0 Å². The van der Waals surface area contributed by atoms with E-state index >= 15 is 0 Å². The molecular weight excluding hydrogens is 476 g/mol. The molecule has 0 spiro atoms. The van der Waals surface area contributed by atoms with Gasteiger partial charge in [-0.3, -0.25) is 0 Å². The molecule has 3 N–H and O–H groups in total. The number of aliphatic hydroxyl groups is 3. The first kappa shape index (κ1) is 29.3. The molecule has 4 saturated carbocycles. The Bertz CT molecular complexity index is 800. The van der Waals surface area contributed by atoms with Crippen LogP contribution in [0.15, 0.2) is 0 Å². The van der Waals surface area contributed by atoms with Gasteiger partial charge in [0.05, 0.1) is 12.2 Å². The first-order valence-corrected chi connectivity index (χ1v) is 16.3. The second-order valence-corrected chi connectivity index (χ2v) is 15.4. The highest BCUT2D eigenvalue weighted by Gasteiger charge is 2.61. The summed E-state index contributed by atoms with van der Waals surface area (Å²) in [5, 5.41) is 30.7. The highest BCUT2D eigenvalue weighted by Crippen LogP contribution is 2.68. The number of fused-ring (bicyclic) bond motifs is 5. The molecule has 1 aliphatic heterocycles. The molecule has 0 amide bonds. The number of rotatable bonds is 8. The van der Waals surface area contributed by atoms with E-state index in [1.807, 2.05) is 0 Å². The van der Waals surface area contributed by atoms with Crippen LogP contribution in [0.5, 0.6) is 0 Å². The van der Waals surface area contributed by atoms with Crippen molar-refractivity contribution in [3.63, 3.8) is 0 Å². The maximum atomic E-state index is 10.5. The Morgan fingerprint density at radius 1 is 0.842 bits per heavy atom. The summed E-state index contributed by atoms with van der Waals surface area (Å²) in [5.41, 5.74) is 0.932. The van der Waals surface area contributed by atoms with Crippen molar-refractivity contribution in [3.05, 3.63) is 0 Å². The number of hydrogen-bond donors (Lipinski definition) is 3. The maximum Gasteiger partial charge on any atom is 0.186 e. The Kier molecular flexibility index (Phi) is 8.66. The van der Waals surface area contributed by atoms with E-state index in [1.54, 1.807) is 6.92 Å². The lowest BCUT2D eigenvalue weighted by atomic mass is 9.44. The van der Waals surface area contributed by atoms with Gasteiger partial charge in [0, 0.05) is 0 Å². The predicted octanol–water partition coefficient (Wildman–Crippen LogP) is 6.32. The van der Waals surface area contributed by atoms with Crippen molar-refractivity contribution in [2.24, 2.45) is 52.3 Å². The lowest BCUT2D eigenvalue weighted by Crippen LogP contribution is -2.54. The molecule has 5 fully saturated rings. The van der Waals surface area contributed by atoms with E-state index < -0.39 is 30.7 Å². The average Bonchev–Trinajstić information content (AvgIpc) is 3.35. The van der Waals surface area contributed by atoms with Gasteiger partial charge in [-0.05, 0) is 117 Å². The third kappa shape index (κ3) is 5.14. The predicted molar refractivity (Wildman–Crippen MR) is 150 cm³/mol. The molecule has 0 unspecified atom stereocenters. The van der Waals surface area contributed by atoms with Gasteiger partial charge >= 0.3 is 0 Å². The fourth-order valence-electron chi connectivity index (χ4n) is 10.7. The molecule has 1 heterocycles. The van der Waals surface area contributed by atoms with Gasteiger partial charge in [-0.15, -0.1) is 0 Å². The van der Waals surface area contributed by atoms with Crippen molar-refractivity contribution in [2.45, 2.75) is 155 Å². The molecule has 0 aromatic heterocycles. The van der Waals surface area contributed by atoms with Gasteiger partial charge in [0.15, 0.2) is 6.29 Å². The van der Waals surface area contributed by atoms with Crippen LogP contribution in [0, 0.1) is 52.3 Å². The van der Waals surface area contributed by atoms with Crippen LogP contribution in [0.25, 0.3) is 0 Å². The first-order valence-electron chi connectivity index (χ1n) is 16.3. The fourth-order valence-corrected chi connectivity index (χ4v) is 10.7. The second kappa shape index (κ2) is 11.2. The minimum atomic E-state index is -1.10. The Morgan fingerprint density at radius 2 is 1.55 bits per heavy atom. The Hall–Kier alpha value is -0.200. The van der Waals surface area contributed by atoms with E-state index in [0.29, 0.717) is 16.7 Å². The summed E-state index contributed by atoms with van der Waals surface area (Å²) < 4.78 is 12.0. The molecule has 220 valence electrons. The Morgan fingerprint density at radius 3 is 2.24 bits per heavy atom. The van der Waals surface area contributed by atoms with E-state index in [4.69, 9.17) is 9.47 Å². The third-order valence-electron chi connectivity index (χ3n) is 12.9. The molecule has 5 nitrogen and oxygen atoms in total. The Balaban J connectivity index is 1.20. The van der Waals surface area contributed by atoms with Crippen LogP contribution in [0.2, 0.25) is 0 Å². The van der Waals surface area contributed by atoms with E-state index in [2.05, 4.69) is 34.6 Å². The summed E-state index contributed by atoms with van der Waals surface area (Å²) in [6.07, 6.45) is 11.2. The molecule has 0 aromatic carbocycles. The molecule has 0 aromatic rings. The van der Waals surface area contributed by atoms with Crippen molar-refractivity contribution < 1.29 is 24.8 Å². The van der Waals surface area contributed by atoms with Gasteiger partial charge in [-0.1, -0.05) is 53.9 Å². The van der Waals surface area contributed by atoms with Crippen molar-refractivity contribution in [1.29, 1.82) is 0 Å². The Labute approximate surface area is 232 Å². The maximum absolute atomic E-state index is 10.5. The van der Waals surface area contributed by atoms with Gasteiger partial charge < -0.3 is 24.8 Å². The van der Waals surface area contributed by atoms with Crippen LogP contribution in [-0.4, -0.2) is 52.1 Å². The largest absolute Gasteiger partial charge is 0.391 e. The van der Waals surface area contributed by atoms with Crippen molar-refractivity contribution in [1.82, 2.24) is 0 Å². The van der Waals surface area contributed by atoms with Gasteiger partial charge in [-0.25, -0.2) is 0 Å². The van der Waals surface area contributed by atoms with Crippen molar-refractivity contribution in [2.75, 3.05) is 0 Å². The number of aliphatic hydroxyl groups excluding tert-OH is 3. The summed E-state index contributed by atoms with van der Waals surface area (Å²) in [5.74, 6) is 5.90. The molecule has 5 aliphatic rings. The zero-order chi connectivity index (χ0) is 27.4. The average molecular weight is 535 g/mol. The zero-order valence-corrected chi connectivity index (χ0v) is 25.1. The molecule has 38 heavy (non-hydrogen) atoms. The fraction of sp³-hybridized carbons (Fsp3) is 1.00. The zero-order valence-electron chi connectivity index (χ0n) is 25.1. The molecule has 0 bridgehead atoms. The van der Waals surface area contributed by atoms with Crippen molar-refractivity contribution >= 4 is 0 Å². The van der Waals surface area contributed by atoms with Crippen LogP contribution in [0.4, 0.5) is 0 Å². The van der Waals surface area contributed by atoms with Gasteiger partial charge in [0.2, 0.25) is 0 Å². The summed E-state index contributed by atoms with van der Waals surface area (Å²) in [6.45, 7) is 14.2. The van der Waals surface area contributed by atoms with Crippen LogP contribution in [0.3, 0.4) is 0 Å². The van der Waals surface area contributed by atoms with E-state index in [0.717, 1.165) is 48.3 Å². The minimum Gasteiger partial charge on any atom is -0.391 e. The summed E-state index contributed by atoms with van der Waals surface area (Å²) in [6, 6.07) is 0. The van der Waals surface area contributed by atoms with Crippen LogP contribution in [-0.2, 0) is 9.47 Å². The van der Waals surface area contributed by atoms with E-state index in [9.17, 15) is 15.3 Å². The molecule has 5 rings (SSSR count). The standard InChI is InChI=1S/C33H58O5/c1-19(2)8-7-9-20(3)25-12-13-26-24-11-10-22-18-23(37-31-29(36)28(35)30(38-31)21(4)34)14-16-32(22,5)27(24)15-17-33(25,26)6/h19-31,34-36H,7-18H2,1-6H3/t20-,21-,22+,23+,24+,25-,26+,27+,28-,29-,30+,31-,32+,33-/m1/s1. The first-order chi connectivity index (χ1) is 18.0. The van der Waals surface area contributed by atoms with E-state index in [-0.39, 0.29) is 6.10 Å². The van der Waals surface area contributed by atoms with Crippen LogP contribution >= 0.6 is 0 Å². The highest BCUT2D eigenvalue weighted by atomic mass is 16.7. The molecule has 0 radical (unpaired) electrons. The topological polar surface area (TPSA) is 79.2 Å². The summed E-state index contributed by atoms with van der Waals surface area (Å²) in [4.78, 5) is 0. The highest BCUT2D eigenvalue weighted by molar-refractivity contribution is 5.10. The van der Waals surface area contributed by atoms with E-state index in [1.165, 1.54) is 64.2 Å². The quantitative estimate of drug-likeness (QED) is 0.340. The molecule has 1 saturated heterocycles. The lowest BCUT2D eigenvalue weighted by molar-refractivity contribution is -0.219.